The molecule has 0 aliphatic carbocycles. The van der Waals surface area contributed by atoms with E-state index >= 15 is 0 Å². The second-order valence-electron chi connectivity index (χ2n) is 7.49. The van der Waals surface area contributed by atoms with Gasteiger partial charge in [-0.05, 0) is 39.3 Å². The quantitative estimate of drug-likeness (QED) is 0.268. The SMILES string of the molecule is CCCCCCCCCCCC(C)(C)N(CC)Oc1ccccc1. The van der Waals surface area contributed by atoms with Crippen molar-refractivity contribution in [3.05, 3.63) is 30.3 Å². The first-order valence-corrected chi connectivity index (χ1v) is 10.1. The summed E-state index contributed by atoms with van der Waals surface area (Å²) in [5.41, 5.74) is 0.0751. The van der Waals surface area contributed by atoms with Gasteiger partial charge in [-0.3, -0.25) is 0 Å². The summed E-state index contributed by atoms with van der Waals surface area (Å²) in [6, 6.07) is 10.1. The van der Waals surface area contributed by atoms with Gasteiger partial charge in [-0.1, -0.05) is 82.9 Å². The first-order valence-electron chi connectivity index (χ1n) is 10.1. The third kappa shape index (κ3) is 8.73. The largest absolute Gasteiger partial charge is 0.406 e. The molecular weight excluding hydrogens is 294 g/mol. The molecule has 1 aromatic rings. The van der Waals surface area contributed by atoms with Crippen LogP contribution in [0, 0.1) is 0 Å². The number of benzene rings is 1. The molecule has 1 aromatic carbocycles. The lowest BCUT2D eigenvalue weighted by molar-refractivity contribution is -0.132. The van der Waals surface area contributed by atoms with E-state index in [0.29, 0.717) is 0 Å². The fourth-order valence-electron chi connectivity index (χ4n) is 3.22. The van der Waals surface area contributed by atoms with E-state index < -0.39 is 0 Å². The fraction of sp³-hybridized carbons (Fsp3) is 0.727. The summed E-state index contributed by atoms with van der Waals surface area (Å²) in [6.45, 7) is 9.94. The monoisotopic (exact) mass is 333 g/mol. The van der Waals surface area contributed by atoms with Crippen LogP contribution in [0.1, 0.15) is 91.9 Å². The third-order valence-corrected chi connectivity index (χ3v) is 4.81. The van der Waals surface area contributed by atoms with Crippen LogP contribution in [0.25, 0.3) is 0 Å². The van der Waals surface area contributed by atoms with E-state index in [1.807, 2.05) is 30.3 Å². The van der Waals surface area contributed by atoms with Crippen molar-refractivity contribution in [3.63, 3.8) is 0 Å². The summed E-state index contributed by atoms with van der Waals surface area (Å²) < 4.78 is 0. The molecule has 0 amide bonds. The van der Waals surface area contributed by atoms with Crippen molar-refractivity contribution in [1.29, 1.82) is 0 Å². The predicted molar refractivity (Wildman–Crippen MR) is 105 cm³/mol. The average Bonchev–Trinajstić information content (AvgIpc) is 2.59. The predicted octanol–water partition coefficient (Wildman–Crippen LogP) is 7.00. The van der Waals surface area contributed by atoms with Crippen molar-refractivity contribution in [2.45, 2.75) is 97.4 Å². The van der Waals surface area contributed by atoms with E-state index in [4.69, 9.17) is 4.84 Å². The Hall–Kier alpha value is -1.02. The summed E-state index contributed by atoms with van der Waals surface area (Å²) in [7, 11) is 0. The molecule has 0 bridgehead atoms. The van der Waals surface area contributed by atoms with Gasteiger partial charge in [0.1, 0.15) is 5.75 Å². The zero-order valence-electron chi connectivity index (χ0n) is 16.5. The number of hydrogen-bond donors (Lipinski definition) is 0. The Balaban J connectivity index is 2.21. The minimum Gasteiger partial charge on any atom is -0.406 e. The first-order chi connectivity index (χ1) is 11.6. The van der Waals surface area contributed by atoms with Gasteiger partial charge >= 0.3 is 0 Å². The molecule has 24 heavy (non-hydrogen) atoms. The Kier molecular flexibility index (Phi) is 10.8. The molecule has 0 saturated carbocycles. The molecule has 0 spiro atoms. The molecule has 0 heterocycles. The van der Waals surface area contributed by atoms with Crippen LogP contribution in [0.4, 0.5) is 0 Å². The van der Waals surface area contributed by atoms with Crippen LogP contribution in [0.15, 0.2) is 30.3 Å². The van der Waals surface area contributed by atoms with Crippen molar-refractivity contribution in [2.75, 3.05) is 6.54 Å². The lowest BCUT2D eigenvalue weighted by atomic mass is 9.95. The standard InChI is InChI=1S/C22H39NO/c1-5-7-8-9-10-11-12-13-17-20-22(3,4)23(6-2)24-21-18-15-14-16-19-21/h14-16,18-19H,5-13,17,20H2,1-4H3. The van der Waals surface area contributed by atoms with Crippen molar-refractivity contribution in [2.24, 2.45) is 0 Å². The number of para-hydroxylation sites is 1. The Labute approximate surface area is 150 Å². The molecule has 0 unspecified atom stereocenters. The minimum atomic E-state index is 0.0751. The van der Waals surface area contributed by atoms with Crippen LogP contribution in [0.2, 0.25) is 0 Å². The second-order valence-corrected chi connectivity index (χ2v) is 7.49. The smallest absolute Gasteiger partial charge is 0.147 e. The van der Waals surface area contributed by atoms with E-state index in [-0.39, 0.29) is 5.54 Å². The van der Waals surface area contributed by atoms with Crippen LogP contribution < -0.4 is 4.84 Å². The zero-order valence-corrected chi connectivity index (χ0v) is 16.5. The van der Waals surface area contributed by atoms with Gasteiger partial charge in [0.05, 0.1) is 5.54 Å². The Morgan fingerprint density at radius 2 is 1.33 bits per heavy atom. The number of hydroxylamine groups is 2. The van der Waals surface area contributed by atoms with Gasteiger partial charge < -0.3 is 4.84 Å². The van der Waals surface area contributed by atoms with Crippen LogP contribution in [-0.2, 0) is 0 Å². The van der Waals surface area contributed by atoms with Gasteiger partial charge in [-0.25, -0.2) is 0 Å². The Morgan fingerprint density at radius 1 is 0.792 bits per heavy atom. The van der Waals surface area contributed by atoms with E-state index in [0.717, 1.165) is 12.3 Å². The molecule has 138 valence electrons. The highest BCUT2D eigenvalue weighted by molar-refractivity contribution is 5.20. The van der Waals surface area contributed by atoms with Crippen molar-refractivity contribution >= 4 is 0 Å². The summed E-state index contributed by atoms with van der Waals surface area (Å²) in [5, 5.41) is 2.13. The molecule has 0 aliphatic rings. The molecule has 0 fully saturated rings. The summed E-state index contributed by atoms with van der Waals surface area (Å²) >= 11 is 0. The molecule has 2 nitrogen and oxygen atoms in total. The lowest BCUT2D eigenvalue weighted by Gasteiger charge is -2.36. The maximum Gasteiger partial charge on any atom is 0.147 e. The van der Waals surface area contributed by atoms with Crippen molar-refractivity contribution in [1.82, 2.24) is 5.06 Å². The van der Waals surface area contributed by atoms with Gasteiger partial charge in [0.2, 0.25) is 0 Å². The van der Waals surface area contributed by atoms with Gasteiger partial charge in [0.15, 0.2) is 0 Å². The number of nitrogens with zero attached hydrogens (tertiary/aromatic N) is 1. The first kappa shape index (κ1) is 21.0. The van der Waals surface area contributed by atoms with Gasteiger partial charge in [0.25, 0.3) is 0 Å². The normalized spacial score (nSPS) is 11.9. The molecule has 2 heteroatoms. The molecule has 0 aliphatic heterocycles. The summed E-state index contributed by atoms with van der Waals surface area (Å²) in [4.78, 5) is 6.09. The van der Waals surface area contributed by atoms with Crippen LogP contribution in [0.5, 0.6) is 5.75 Å². The maximum atomic E-state index is 6.09. The summed E-state index contributed by atoms with van der Waals surface area (Å²) in [6.07, 6.45) is 13.6. The summed E-state index contributed by atoms with van der Waals surface area (Å²) in [5.74, 6) is 0.930. The third-order valence-electron chi connectivity index (χ3n) is 4.81. The number of unbranched alkanes of at least 4 members (excludes halogenated alkanes) is 8. The van der Waals surface area contributed by atoms with Crippen molar-refractivity contribution in [3.8, 4) is 5.75 Å². The topological polar surface area (TPSA) is 12.5 Å². The lowest BCUT2D eigenvalue weighted by Crippen LogP contribution is -2.46. The maximum absolute atomic E-state index is 6.09. The Morgan fingerprint density at radius 3 is 1.88 bits per heavy atom. The molecular formula is C22H39NO. The van der Waals surface area contributed by atoms with E-state index in [9.17, 15) is 0 Å². The average molecular weight is 334 g/mol. The number of rotatable bonds is 14. The highest BCUT2D eigenvalue weighted by atomic mass is 16.7. The Bertz CT molecular complexity index is 402. The number of hydrogen-bond acceptors (Lipinski definition) is 2. The van der Waals surface area contributed by atoms with Crippen LogP contribution in [0.3, 0.4) is 0 Å². The highest BCUT2D eigenvalue weighted by Gasteiger charge is 2.27. The molecule has 0 atom stereocenters. The van der Waals surface area contributed by atoms with Crippen LogP contribution >= 0.6 is 0 Å². The molecule has 0 N–H and O–H groups in total. The van der Waals surface area contributed by atoms with E-state index in [2.05, 4.69) is 32.8 Å². The van der Waals surface area contributed by atoms with E-state index in [1.165, 1.54) is 64.2 Å². The van der Waals surface area contributed by atoms with Crippen molar-refractivity contribution < 1.29 is 4.84 Å². The molecule has 0 aromatic heterocycles. The molecule has 0 saturated heterocycles. The minimum absolute atomic E-state index is 0.0751. The van der Waals surface area contributed by atoms with Crippen LogP contribution in [-0.4, -0.2) is 17.1 Å². The van der Waals surface area contributed by atoms with Gasteiger partial charge in [-0.2, -0.15) is 0 Å². The zero-order chi connectivity index (χ0) is 17.7. The molecule has 0 radical (unpaired) electrons. The molecule has 1 rings (SSSR count). The fourth-order valence-corrected chi connectivity index (χ4v) is 3.22. The van der Waals surface area contributed by atoms with Gasteiger partial charge in [0, 0.05) is 6.54 Å². The highest BCUT2D eigenvalue weighted by Crippen LogP contribution is 2.24. The van der Waals surface area contributed by atoms with E-state index in [1.54, 1.807) is 0 Å². The van der Waals surface area contributed by atoms with Gasteiger partial charge in [-0.15, -0.1) is 5.06 Å². The second kappa shape index (κ2) is 12.4.